The zero-order valence-electron chi connectivity index (χ0n) is 16.9. The smallest absolute Gasteiger partial charge is 0.265 e. The monoisotopic (exact) mass is 418 g/mol. The van der Waals surface area contributed by atoms with Crippen LogP contribution in [-0.4, -0.2) is 26.1 Å². The van der Waals surface area contributed by atoms with Crippen LogP contribution in [0.3, 0.4) is 0 Å². The number of fused-ring (bicyclic) bond motifs is 1. The summed E-state index contributed by atoms with van der Waals surface area (Å²) in [6.45, 7) is 4.11. The zero-order chi connectivity index (χ0) is 21.1. The number of aromatic nitrogens is 3. The molecule has 4 aromatic rings. The van der Waals surface area contributed by atoms with Gasteiger partial charge in [-0.1, -0.05) is 60.6 Å². The van der Waals surface area contributed by atoms with Crippen molar-refractivity contribution in [1.82, 2.24) is 14.8 Å². The maximum atomic E-state index is 13.1. The number of hydrogen-bond acceptors (Lipinski definition) is 6. The standard InChI is InChI=1S/C23H22N4O2S/c1-3-4-9-20-25-26-23(30-20)24-14-19-17-7-5-6-8-18(17)21(28)27(22(19)29)16-12-10-15(2)11-13-16/h5-8,10-14,29H,3-4,9H2,1-2H3/b24-14+. The third kappa shape index (κ3) is 3.89. The van der Waals surface area contributed by atoms with Gasteiger partial charge < -0.3 is 5.11 Å². The summed E-state index contributed by atoms with van der Waals surface area (Å²) in [5.74, 6) is -0.151. The summed E-state index contributed by atoms with van der Waals surface area (Å²) < 4.78 is 1.32. The van der Waals surface area contributed by atoms with E-state index < -0.39 is 0 Å². The van der Waals surface area contributed by atoms with Crippen molar-refractivity contribution >= 4 is 33.5 Å². The van der Waals surface area contributed by atoms with Gasteiger partial charge in [0.25, 0.3) is 5.56 Å². The maximum Gasteiger partial charge on any atom is 0.265 e. The predicted molar refractivity (Wildman–Crippen MR) is 122 cm³/mol. The first-order valence-corrected chi connectivity index (χ1v) is 10.7. The molecule has 2 aromatic heterocycles. The van der Waals surface area contributed by atoms with Crippen molar-refractivity contribution in [1.29, 1.82) is 0 Å². The second kappa shape index (κ2) is 8.59. The molecule has 0 unspecified atom stereocenters. The lowest BCUT2D eigenvalue weighted by atomic mass is 10.1. The fourth-order valence-corrected chi connectivity index (χ4v) is 3.99. The van der Waals surface area contributed by atoms with Gasteiger partial charge in [0.1, 0.15) is 5.01 Å². The number of aromatic hydroxyl groups is 1. The van der Waals surface area contributed by atoms with E-state index >= 15 is 0 Å². The van der Waals surface area contributed by atoms with E-state index in [0.717, 1.165) is 29.8 Å². The highest BCUT2D eigenvalue weighted by Gasteiger charge is 2.16. The lowest BCUT2D eigenvalue weighted by molar-refractivity contribution is 0.436. The maximum absolute atomic E-state index is 13.1. The van der Waals surface area contributed by atoms with E-state index in [1.165, 1.54) is 15.9 Å². The van der Waals surface area contributed by atoms with Crippen molar-refractivity contribution in [2.75, 3.05) is 0 Å². The Labute approximate surface area is 178 Å². The molecule has 152 valence electrons. The van der Waals surface area contributed by atoms with E-state index in [-0.39, 0.29) is 11.4 Å². The van der Waals surface area contributed by atoms with Crippen LogP contribution in [0.25, 0.3) is 16.5 Å². The molecule has 0 radical (unpaired) electrons. The Kier molecular flexibility index (Phi) is 5.72. The molecule has 0 saturated heterocycles. The van der Waals surface area contributed by atoms with E-state index in [9.17, 15) is 9.90 Å². The summed E-state index contributed by atoms with van der Waals surface area (Å²) in [4.78, 5) is 17.5. The molecule has 0 saturated carbocycles. The molecule has 0 fully saturated rings. The van der Waals surface area contributed by atoms with E-state index in [1.807, 2.05) is 49.4 Å². The molecule has 6 nitrogen and oxygen atoms in total. The zero-order valence-corrected chi connectivity index (χ0v) is 17.7. The number of unbranched alkanes of at least 4 members (excludes halogenated alkanes) is 1. The fourth-order valence-electron chi connectivity index (χ4n) is 3.27. The Morgan fingerprint density at radius 1 is 1.10 bits per heavy atom. The van der Waals surface area contributed by atoms with Gasteiger partial charge in [-0.15, -0.1) is 10.2 Å². The lowest BCUT2D eigenvalue weighted by Gasteiger charge is -2.13. The van der Waals surface area contributed by atoms with Crippen LogP contribution in [0.2, 0.25) is 0 Å². The third-order valence-corrected chi connectivity index (χ3v) is 5.79. The van der Waals surface area contributed by atoms with Gasteiger partial charge in [-0.05, 0) is 31.5 Å². The topological polar surface area (TPSA) is 80.4 Å². The SMILES string of the molecule is CCCCc1nnc(/N=C/c2c(O)n(-c3ccc(C)cc3)c(=O)c3ccccc23)s1. The Morgan fingerprint density at radius 2 is 1.83 bits per heavy atom. The highest BCUT2D eigenvalue weighted by molar-refractivity contribution is 7.14. The minimum Gasteiger partial charge on any atom is -0.494 e. The van der Waals surface area contributed by atoms with Crippen molar-refractivity contribution < 1.29 is 5.11 Å². The van der Waals surface area contributed by atoms with Crippen LogP contribution in [0, 0.1) is 6.92 Å². The molecule has 0 aliphatic rings. The number of pyridine rings is 1. The quantitative estimate of drug-likeness (QED) is 0.449. The minimum absolute atomic E-state index is 0.151. The van der Waals surface area contributed by atoms with E-state index in [4.69, 9.17) is 0 Å². The Morgan fingerprint density at radius 3 is 2.57 bits per heavy atom. The van der Waals surface area contributed by atoms with Crippen LogP contribution >= 0.6 is 11.3 Å². The lowest BCUT2D eigenvalue weighted by Crippen LogP contribution is -2.20. The number of rotatable bonds is 6. The highest BCUT2D eigenvalue weighted by Crippen LogP contribution is 2.27. The Hall–Kier alpha value is -3.32. The second-order valence-electron chi connectivity index (χ2n) is 7.10. The molecule has 0 aliphatic carbocycles. The summed E-state index contributed by atoms with van der Waals surface area (Å²) in [5.41, 5.74) is 1.86. The van der Waals surface area contributed by atoms with E-state index in [0.29, 0.717) is 27.2 Å². The molecular formula is C23H22N4O2S. The second-order valence-corrected chi connectivity index (χ2v) is 8.14. The van der Waals surface area contributed by atoms with Crippen LogP contribution in [-0.2, 0) is 6.42 Å². The number of aryl methyl sites for hydroxylation is 2. The molecule has 1 N–H and O–H groups in total. The summed E-state index contributed by atoms with van der Waals surface area (Å²) in [6.07, 6.45) is 4.60. The van der Waals surface area contributed by atoms with Crippen molar-refractivity contribution in [2.45, 2.75) is 33.1 Å². The van der Waals surface area contributed by atoms with Gasteiger partial charge in [-0.2, -0.15) is 0 Å². The Balaban J connectivity index is 1.83. The summed E-state index contributed by atoms with van der Waals surface area (Å²) in [6, 6.07) is 14.7. The number of hydrogen-bond donors (Lipinski definition) is 1. The molecule has 4 rings (SSSR count). The minimum atomic E-state index is -0.276. The number of nitrogens with zero attached hydrogens (tertiary/aromatic N) is 4. The first-order chi connectivity index (χ1) is 14.6. The summed E-state index contributed by atoms with van der Waals surface area (Å²) in [7, 11) is 0. The van der Waals surface area contributed by atoms with Crippen LogP contribution in [0.15, 0.2) is 58.3 Å². The number of aliphatic imine (C=N–C) groups is 1. The van der Waals surface area contributed by atoms with Crippen molar-refractivity contribution in [2.24, 2.45) is 4.99 Å². The normalized spacial score (nSPS) is 11.5. The molecule has 0 amide bonds. The van der Waals surface area contributed by atoms with Gasteiger partial charge >= 0.3 is 0 Å². The molecule has 2 heterocycles. The number of benzene rings is 2. The van der Waals surface area contributed by atoms with Gasteiger partial charge in [0.2, 0.25) is 11.0 Å². The van der Waals surface area contributed by atoms with Gasteiger partial charge in [-0.25, -0.2) is 9.56 Å². The molecule has 0 bridgehead atoms. The predicted octanol–water partition coefficient (Wildman–Crippen LogP) is 4.95. The largest absolute Gasteiger partial charge is 0.494 e. The van der Waals surface area contributed by atoms with Crippen LogP contribution in [0.5, 0.6) is 5.88 Å². The molecule has 0 atom stereocenters. The van der Waals surface area contributed by atoms with Gasteiger partial charge in [-0.3, -0.25) is 4.79 Å². The summed E-state index contributed by atoms with van der Waals surface area (Å²) in [5, 5.41) is 22.0. The van der Waals surface area contributed by atoms with Crippen molar-refractivity contribution in [3.05, 3.63) is 75.0 Å². The fraction of sp³-hybridized carbons (Fsp3) is 0.217. The van der Waals surface area contributed by atoms with Crippen LogP contribution in [0.1, 0.15) is 35.9 Å². The average molecular weight is 419 g/mol. The van der Waals surface area contributed by atoms with Gasteiger partial charge in [0.05, 0.1) is 11.3 Å². The molecule has 2 aromatic carbocycles. The summed E-state index contributed by atoms with van der Waals surface area (Å²) >= 11 is 1.44. The molecule has 7 heteroatoms. The van der Waals surface area contributed by atoms with E-state index in [2.05, 4.69) is 22.1 Å². The highest BCUT2D eigenvalue weighted by atomic mass is 32.1. The van der Waals surface area contributed by atoms with Crippen LogP contribution < -0.4 is 5.56 Å². The van der Waals surface area contributed by atoms with Gasteiger partial charge in [0, 0.05) is 23.4 Å². The van der Waals surface area contributed by atoms with Crippen molar-refractivity contribution in [3.8, 4) is 11.6 Å². The molecule has 0 aliphatic heterocycles. The average Bonchev–Trinajstić information content (AvgIpc) is 3.21. The first kappa shape index (κ1) is 20.0. The first-order valence-electron chi connectivity index (χ1n) is 9.88. The molecule has 30 heavy (non-hydrogen) atoms. The van der Waals surface area contributed by atoms with Crippen LogP contribution in [0.4, 0.5) is 5.13 Å². The van der Waals surface area contributed by atoms with Gasteiger partial charge in [0.15, 0.2) is 0 Å². The third-order valence-electron chi connectivity index (χ3n) is 4.90. The Bertz CT molecular complexity index is 1270. The molecule has 0 spiro atoms. The van der Waals surface area contributed by atoms with Crippen molar-refractivity contribution in [3.63, 3.8) is 0 Å². The molecular weight excluding hydrogens is 396 g/mol. The van der Waals surface area contributed by atoms with E-state index in [1.54, 1.807) is 12.3 Å².